The first-order chi connectivity index (χ1) is 10.8. The fourth-order valence-electron chi connectivity index (χ4n) is 2.15. The predicted octanol–water partition coefficient (Wildman–Crippen LogP) is 2.61. The topological polar surface area (TPSA) is 45.6 Å². The summed E-state index contributed by atoms with van der Waals surface area (Å²) in [6.07, 6.45) is 11.4. The predicted molar refractivity (Wildman–Crippen MR) is 91.8 cm³/mol. The van der Waals surface area contributed by atoms with Gasteiger partial charge in [-0.2, -0.15) is 0 Å². The first kappa shape index (κ1) is 16.4. The van der Waals surface area contributed by atoms with Crippen molar-refractivity contribution in [3.8, 4) is 0 Å². The third-order valence-corrected chi connectivity index (χ3v) is 3.31. The van der Waals surface area contributed by atoms with E-state index in [1.807, 2.05) is 25.2 Å². The number of hydrogen-bond donors (Lipinski definition) is 2. The maximum Gasteiger partial charge on any atom is 0.126 e. The van der Waals surface area contributed by atoms with Gasteiger partial charge in [0.2, 0.25) is 0 Å². The van der Waals surface area contributed by atoms with E-state index < -0.39 is 0 Å². The molecule has 4 heteroatoms. The van der Waals surface area contributed by atoms with Crippen molar-refractivity contribution in [1.82, 2.24) is 10.8 Å². The summed E-state index contributed by atoms with van der Waals surface area (Å²) in [7, 11) is 3.63. The van der Waals surface area contributed by atoms with Crippen molar-refractivity contribution in [2.24, 2.45) is 4.99 Å². The molecule has 116 valence electrons. The van der Waals surface area contributed by atoms with Crippen molar-refractivity contribution in [2.45, 2.75) is 12.6 Å². The van der Waals surface area contributed by atoms with Crippen LogP contribution in [0.4, 0.5) is 0 Å². The number of rotatable bonds is 7. The normalized spacial score (nSPS) is 16.3. The number of hydrogen-bond acceptors (Lipinski definition) is 4. The fraction of sp³-hybridized carbons (Fsp3) is 0.278. The van der Waals surface area contributed by atoms with E-state index in [1.54, 1.807) is 7.05 Å². The number of allylic oxidation sites excluding steroid dienone is 6. The Morgan fingerprint density at radius 1 is 1.23 bits per heavy atom. The molecular weight excluding hydrogens is 274 g/mol. The molecule has 0 aromatic heterocycles. The van der Waals surface area contributed by atoms with E-state index in [-0.39, 0.29) is 6.17 Å². The van der Waals surface area contributed by atoms with Gasteiger partial charge >= 0.3 is 0 Å². The van der Waals surface area contributed by atoms with Crippen LogP contribution in [0.15, 0.2) is 71.3 Å². The smallest absolute Gasteiger partial charge is 0.126 e. The molecule has 1 unspecified atom stereocenters. The molecular formula is C18H23N3O. The zero-order valence-corrected chi connectivity index (χ0v) is 13.1. The van der Waals surface area contributed by atoms with Crippen LogP contribution in [0.5, 0.6) is 0 Å². The SMILES string of the molecule is CNOCC(/N=C(\C1=CC=CCC=C1)c1ccccc1)NC. The molecule has 2 rings (SSSR count). The van der Waals surface area contributed by atoms with Crippen molar-refractivity contribution in [2.75, 3.05) is 20.7 Å². The molecule has 22 heavy (non-hydrogen) atoms. The van der Waals surface area contributed by atoms with Gasteiger partial charge in [-0.15, -0.1) is 0 Å². The zero-order valence-electron chi connectivity index (χ0n) is 13.1. The minimum absolute atomic E-state index is 0.121. The second kappa shape index (κ2) is 9.10. The third-order valence-electron chi connectivity index (χ3n) is 3.31. The molecule has 4 nitrogen and oxygen atoms in total. The van der Waals surface area contributed by atoms with Crippen LogP contribution >= 0.6 is 0 Å². The molecule has 0 saturated heterocycles. The summed E-state index contributed by atoms with van der Waals surface area (Å²) in [5.41, 5.74) is 5.84. The molecule has 0 saturated carbocycles. The molecule has 0 amide bonds. The lowest BCUT2D eigenvalue weighted by molar-refractivity contribution is 0.0444. The summed E-state index contributed by atoms with van der Waals surface area (Å²) in [5, 5.41) is 3.17. The average Bonchev–Trinajstić information content (AvgIpc) is 2.85. The van der Waals surface area contributed by atoms with Crippen LogP contribution in [0.25, 0.3) is 0 Å². The lowest BCUT2D eigenvalue weighted by Gasteiger charge is -2.15. The van der Waals surface area contributed by atoms with Gasteiger partial charge < -0.3 is 0 Å². The highest BCUT2D eigenvalue weighted by atomic mass is 16.6. The lowest BCUT2D eigenvalue weighted by atomic mass is 10.0. The van der Waals surface area contributed by atoms with Crippen LogP contribution in [-0.4, -0.2) is 32.6 Å². The van der Waals surface area contributed by atoms with E-state index in [0.717, 1.165) is 23.3 Å². The molecule has 2 N–H and O–H groups in total. The fourth-order valence-corrected chi connectivity index (χ4v) is 2.15. The summed E-state index contributed by atoms with van der Waals surface area (Å²) in [5.74, 6) is 0. The first-order valence-corrected chi connectivity index (χ1v) is 7.48. The van der Waals surface area contributed by atoms with Crippen LogP contribution < -0.4 is 10.8 Å². The van der Waals surface area contributed by atoms with Crippen molar-refractivity contribution < 1.29 is 4.84 Å². The van der Waals surface area contributed by atoms with E-state index in [9.17, 15) is 0 Å². The Morgan fingerprint density at radius 3 is 2.77 bits per heavy atom. The lowest BCUT2D eigenvalue weighted by Crippen LogP contribution is -2.32. The summed E-state index contributed by atoms with van der Waals surface area (Å²) < 4.78 is 0. The second-order valence-corrected chi connectivity index (χ2v) is 4.85. The molecule has 1 atom stereocenters. The van der Waals surface area contributed by atoms with Crippen LogP contribution in [0, 0.1) is 0 Å². The van der Waals surface area contributed by atoms with Gasteiger partial charge in [-0.3, -0.25) is 15.1 Å². The number of hydroxylamine groups is 1. The van der Waals surface area contributed by atoms with Crippen LogP contribution in [0.1, 0.15) is 12.0 Å². The highest BCUT2D eigenvalue weighted by Crippen LogP contribution is 2.15. The maximum absolute atomic E-state index is 5.26. The minimum Gasteiger partial charge on any atom is -0.298 e. The summed E-state index contributed by atoms with van der Waals surface area (Å²) >= 11 is 0. The van der Waals surface area contributed by atoms with Gasteiger partial charge in [0, 0.05) is 18.2 Å². The number of benzene rings is 1. The van der Waals surface area contributed by atoms with Crippen LogP contribution in [0.3, 0.4) is 0 Å². The Labute approximate surface area is 132 Å². The average molecular weight is 297 g/mol. The maximum atomic E-state index is 5.26. The quantitative estimate of drug-likeness (QED) is 0.601. The standard InChI is InChI=1S/C18H23N3O/c1-19-17(14-22-20-2)21-18(16-12-8-5-9-13-16)15-10-6-3-4-7-11-15/h3,5-13,17,19-20H,4,14H2,1-2H3/b21-18+. The molecule has 0 heterocycles. The Balaban J connectivity index is 2.36. The first-order valence-electron chi connectivity index (χ1n) is 7.48. The van der Waals surface area contributed by atoms with Crippen molar-refractivity contribution in [1.29, 1.82) is 0 Å². The van der Waals surface area contributed by atoms with E-state index in [1.165, 1.54) is 0 Å². The zero-order chi connectivity index (χ0) is 15.6. The van der Waals surface area contributed by atoms with Crippen LogP contribution in [0.2, 0.25) is 0 Å². The van der Waals surface area contributed by atoms with Crippen molar-refractivity contribution in [3.05, 3.63) is 71.8 Å². The Bertz CT molecular complexity index is 573. The largest absolute Gasteiger partial charge is 0.298 e. The van der Waals surface area contributed by atoms with Gasteiger partial charge in [-0.1, -0.05) is 60.7 Å². The monoisotopic (exact) mass is 297 g/mol. The van der Waals surface area contributed by atoms with Gasteiger partial charge in [0.1, 0.15) is 12.8 Å². The van der Waals surface area contributed by atoms with Gasteiger partial charge in [0.25, 0.3) is 0 Å². The molecule has 1 aromatic rings. The van der Waals surface area contributed by atoms with Crippen molar-refractivity contribution >= 4 is 5.71 Å². The Morgan fingerprint density at radius 2 is 2.05 bits per heavy atom. The summed E-state index contributed by atoms with van der Waals surface area (Å²) in [6, 6.07) is 10.2. The van der Waals surface area contributed by atoms with E-state index in [2.05, 4.69) is 53.3 Å². The molecule has 1 aromatic carbocycles. The summed E-state index contributed by atoms with van der Waals surface area (Å²) in [4.78, 5) is 10.1. The van der Waals surface area contributed by atoms with Gasteiger partial charge in [-0.05, 0) is 13.5 Å². The highest BCUT2D eigenvalue weighted by molar-refractivity contribution is 6.14. The van der Waals surface area contributed by atoms with Crippen LogP contribution in [-0.2, 0) is 4.84 Å². The number of nitrogens with zero attached hydrogens (tertiary/aromatic N) is 1. The number of nitrogens with one attached hydrogen (secondary N) is 2. The van der Waals surface area contributed by atoms with Crippen molar-refractivity contribution in [3.63, 3.8) is 0 Å². The Kier molecular flexibility index (Phi) is 6.77. The van der Waals surface area contributed by atoms with Gasteiger partial charge in [0.15, 0.2) is 0 Å². The van der Waals surface area contributed by atoms with Gasteiger partial charge in [-0.25, -0.2) is 5.48 Å². The minimum atomic E-state index is -0.121. The molecule has 1 aliphatic carbocycles. The summed E-state index contributed by atoms with van der Waals surface area (Å²) in [6.45, 7) is 0.455. The number of aliphatic imine (C=N–C) groups is 1. The number of likely N-dealkylation sites (N-methyl/N-ethyl adjacent to an activating group) is 1. The molecule has 0 bridgehead atoms. The highest BCUT2D eigenvalue weighted by Gasteiger charge is 2.12. The molecule has 0 fully saturated rings. The molecule has 0 aliphatic heterocycles. The van der Waals surface area contributed by atoms with E-state index >= 15 is 0 Å². The molecule has 0 spiro atoms. The van der Waals surface area contributed by atoms with E-state index in [4.69, 9.17) is 9.83 Å². The third kappa shape index (κ3) is 4.77. The van der Waals surface area contributed by atoms with Gasteiger partial charge in [0.05, 0.1) is 5.71 Å². The molecule has 1 aliphatic rings. The second-order valence-electron chi connectivity index (χ2n) is 4.85. The molecule has 0 radical (unpaired) electrons. The van der Waals surface area contributed by atoms with E-state index in [0.29, 0.717) is 6.61 Å². The Hall–Kier alpha value is -2.01.